The summed E-state index contributed by atoms with van der Waals surface area (Å²) in [6, 6.07) is 10.3. The van der Waals surface area contributed by atoms with Crippen LogP contribution in [0.4, 0.5) is 4.39 Å². The molecule has 1 heterocycles. The molecule has 1 aromatic heterocycles. The Morgan fingerprint density at radius 1 is 1.31 bits per heavy atom. The maximum absolute atomic E-state index is 13.0. The van der Waals surface area contributed by atoms with Crippen LogP contribution in [-0.4, -0.2) is 5.78 Å². The van der Waals surface area contributed by atoms with Crippen LogP contribution in [0.5, 0.6) is 0 Å². The summed E-state index contributed by atoms with van der Waals surface area (Å²) in [5.74, 6) is -0.142. The highest BCUT2D eigenvalue weighted by molar-refractivity contribution is 7.14. The molecule has 0 radical (unpaired) electrons. The number of benzene rings is 1. The average molecular weight is 234 g/mol. The molecule has 0 aliphatic rings. The van der Waals surface area contributed by atoms with Crippen LogP contribution in [0.2, 0.25) is 0 Å². The lowest BCUT2D eigenvalue weighted by molar-refractivity contribution is 0.102. The van der Waals surface area contributed by atoms with E-state index in [0.29, 0.717) is 6.42 Å². The van der Waals surface area contributed by atoms with Gasteiger partial charge in [-0.25, -0.2) is 4.39 Å². The molecule has 0 saturated heterocycles. The molecule has 0 saturated carbocycles. The van der Waals surface area contributed by atoms with E-state index in [1.54, 1.807) is 13.0 Å². The summed E-state index contributed by atoms with van der Waals surface area (Å²) < 4.78 is 13.0. The minimum atomic E-state index is -0.221. The van der Waals surface area contributed by atoms with Gasteiger partial charge in [0.2, 0.25) is 0 Å². The first-order valence-corrected chi connectivity index (χ1v) is 5.81. The Bertz CT molecular complexity index is 516. The predicted molar refractivity (Wildman–Crippen MR) is 63.5 cm³/mol. The SMILES string of the molecule is CC(=O)c1ccc(Cc2cccc(F)c2)s1. The normalized spacial score (nSPS) is 10.4. The Balaban J connectivity index is 2.17. The van der Waals surface area contributed by atoms with Gasteiger partial charge in [0.05, 0.1) is 4.88 Å². The van der Waals surface area contributed by atoms with E-state index < -0.39 is 0 Å². The fourth-order valence-corrected chi connectivity index (χ4v) is 2.45. The van der Waals surface area contributed by atoms with Crippen molar-refractivity contribution in [2.45, 2.75) is 13.3 Å². The third-order valence-corrected chi connectivity index (χ3v) is 3.46. The summed E-state index contributed by atoms with van der Waals surface area (Å²) >= 11 is 1.47. The van der Waals surface area contributed by atoms with Crippen molar-refractivity contribution in [2.75, 3.05) is 0 Å². The van der Waals surface area contributed by atoms with Crippen molar-refractivity contribution in [3.05, 3.63) is 57.5 Å². The molecule has 0 unspecified atom stereocenters. The quantitative estimate of drug-likeness (QED) is 0.740. The molecule has 0 bridgehead atoms. The fourth-order valence-electron chi connectivity index (χ4n) is 1.51. The van der Waals surface area contributed by atoms with Crippen LogP contribution in [0.3, 0.4) is 0 Å². The smallest absolute Gasteiger partial charge is 0.169 e. The summed E-state index contributed by atoms with van der Waals surface area (Å²) in [4.78, 5) is 13.0. The lowest BCUT2D eigenvalue weighted by atomic mass is 10.1. The molecule has 16 heavy (non-hydrogen) atoms. The largest absolute Gasteiger partial charge is 0.294 e. The average Bonchev–Trinajstić information content (AvgIpc) is 2.66. The first-order chi connectivity index (χ1) is 7.65. The number of hydrogen-bond acceptors (Lipinski definition) is 2. The van der Waals surface area contributed by atoms with E-state index in [1.165, 1.54) is 23.5 Å². The number of halogens is 1. The second-order valence-electron chi connectivity index (χ2n) is 3.63. The molecule has 0 N–H and O–H groups in total. The summed E-state index contributed by atoms with van der Waals surface area (Å²) in [6.07, 6.45) is 0.676. The molecule has 0 spiro atoms. The molecule has 0 aliphatic carbocycles. The standard InChI is InChI=1S/C13H11FOS/c1-9(15)13-6-5-12(16-13)8-10-3-2-4-11(14)7-10/h2-7H,8H2,1H3. The zero-order valence-corrected chi connectivity index (χ0v) is 9.68. The van der Waals surface area contributed by atoms with Gasteiger partial charge in [0.15, 0.2) is 5.78 Å². The number of thiophene rings is 1. The lowest BCUT2D eigenvalue weighted by Crippen LogP contribution is -1.86. The van der Waals surface area contributed by atoms with E-state index in [-0.39, 0.29) is 11.6 Å². The van der Waals surface area contributed by atoms with Crippen LogP contribution >= 0.6 is 11.3 Å². The molecule has 0 fully saturated rings. The summed E-state index contributed by atoms with van der Waals surface area (Å²) in [7, 11) is 0. The van der Waals surface area contributed by atoms with Gasteiger partial charge in [-0.3, -0.25) is 4.79 Å². The van der Waals surface area contributed by atoms with Gasteiger partial charge >= 0.3 is 0 Å². The molecule has 0 aliphatic heterocycles. The molecule has 1 aromatic carbocycles. The highest BCUT2D eigenvalue weighted by Gasteiger charge is 2.05. The maximum Gasteiger partial charge on any atom is 0.169 e. The number of carbonyl (C=O) groups is 1. The third-order valence-electron chi connectivity index (χ3n) is 2.28. The van der Waals surface area contributed by atoms with E-state index in [9.17, 15) is 9.18 Å². The molecule has 0 amide bonds. The zero-order valence-electron chi connectivity index (χ0n) is 8.87. The maximum atomic E-state index is 13.0. The van der Waals surface area contributed by atoms with Crippen LogP contribution in [0.15, 0.2) is 36.4 Å². The Labute approximate surface area is 97.6 Å². The van der Waals surface area contributed by atoms with Crippen LogP contribution in [0.1, 0.15) is 27.0 Å². The number of ketones is 1. The summed E-state index contributed by atoms with van der Waals surface area (Å²) in [5.41, 5.74) is 0.928. The summed E-state index contributed by atoms with van der Waals surface area (Å²) in [5, 5.41) is 0. The van der Waals surface area contributed by atoms with Gasteiger partial charge in [-0.15, -0.1) is 11.3 Å². The van der Waals surface area contributed by atoms with E-state index in [2.05, 4.69) is 0 Å². The lowest BCUT2D eigenvalue weighted by Gasteiger charge is -1.98. The Morgan fingerprint density at radius 2 is 2.12 bits per heavy atom. The Hall–Kier alpha value is -1.48. The van der Waals surface area contributed by atoms with Crippen molar-refractivity contribution < 1.29 is 9.18 Å². The fraction of sp³-hybridized carbons (Fsp3) is 0.154. The van der Waals surface area contributed by atoms with Crippen molar-refractivity contribution in [3.63, 3.8) is 0 Å². The van der Waals surface area contributed by atoms with Gasteiger partial charge in [-0.1, -0.05) is 12.1 Å². The van der Waals surface area contributed by atoms with Crippen molar-refractivity contribution in [1.29, 1.82) is 0 Å². The molecule has 2 aromatic rings. The van der Waals surface area contributed by atoms with Gasteiger partial charge in [-0.2, -0.15) is 0 Å². The van der Waals surface area contributed by atoms with E-state index in [0.717, 1.165) is 15.3 Å². The van der Waals surface area contributed by atoms with Crippen LogP contribution in [-0.2, 0) is 6.42 Å². The van der Waals surface area contributed by atoms with E-state index >= 15 is 0 Å². The van der Waals surface area contributed by atoms with Crippen LogP contribution in [0, 0.1) is 5.82 Å². The van der Waals surface area contributed by atoms with Crippen LogP contribution < -0.4 is 0 Å². The number of rotatable bonds is 3. The zero-order chi connectivity index (χ0) is 11.5. The minimum Gasteiger partial charge on any atom is -0.294 e. The first kappa shape index (κ1) is 11.0. The Morgan fingerprint density at radius 3 is 2.75 bits per heavy atom. The second-order valence-corrected chi connectivity index (χ2v) is 4.80. The van der Waals surface area contributed by atoms with E-state index in [4.69, 9.17) is 0 Å². The van der Waals surface area contributed by atoms with E-state index in [1.807, 2.05) is 18.2 Å². The number of hydrogen-bond donors (Lipinski definition) is 0. The van der Waals surface area contributed by atoms with Crippen molar-refractivity contribution >= 4 is 17.1 Å². The molecule has 0 atom stereocenters. The summed E-state index contributed by atoms with van der Waals surface area (Å²) in [6.45, 7) is 1.55. The molecular weight excluding hydrogens is 223 g/mol. The number of Topliss-reactive ketones (excluding diaryl/α,β-unsaturated/α-hetero) is 1. The second kappa shape index (κ2) is 4.58. The number of carbonyl (C=O) groups excluding carboxylic acids is 1. The van der Waals surface area contributed by atoms with Gasteiger partial charge < -0.3 is 0 Å². The first-order valence-electron chi connectivity index (χ1n) is 4.99. The predicted octanol–water partition coefficient (Wildman–Crippen LogP) is 3.68. The van der Waals surface area contributed by atoms with Crippen molar-refractivity contribution in [2.24, 2.45) is 0 Å². The third kappa shape index (κ3) is 2.55. The monoisotopic (exact) mass is 234 g/mol. The molecule has 2 rings (SSSR count). The van der Waals surface area contributed by atoms with Gasteiger partial charge in [0.1, 0.15) is 5.82 Å². The van der Waals surface area contributed by atoms with Crippen LogP contribution in [0.25, 0.3) is 0 Å². The molecule has 1 nitrogen and oxygen atoms in total. The topological polar surface area (TPSA) is 17.1 Å². The molecular formula is C13H11FOS. The molecule has 3 heteroatoms. The highest BCUT2D eigenvalue weighted by Crippen LogP contribution is 2.20. The van der Waals surface area contributed by atoms with Crippen molar-refractivity contribution in [1.82, 2.24) is 0 Å². The molecule has 82 valence electrons. The van der Waals surface area contributed by atoms with Gasteiger partial charge in [-0.05, 0) is 36.8 Å². The van der Waals surface area contributed by atoms with Gasteiger partial charge in [0.25, 0.3) is 0 Å². The highest BCUT2D eigenvalue weighted by atomic mass is 32.1. The van der Waals surface area contributed by atoms with Gasteiger partial charge in [0, 0.05) is 11.3 Å². The minimum absolute atomic E-state index is 0.0792. The Kier molecular flexibility index (Phi) is 3.15. The van der Waals surface area contributed by atoms with Crippen molar-refractivity contribution in [3.8, 4) is 0 Å².